The second kappa shape index (κ2) is 3.71. The highest BCUT2D eigenvalue weighted by atomic mass is 32.2. The molecule has 3 aliphatic rings. The van der Waals surface area contributed by atoms with E-state index in [1.807, 2.05) is 31.2 Å². The number of hydrogen-bond acceptors (Lipinski definition) is 5. The lowest BCUT2D eigenvalue weighted by molar-refractivity contribution is -0.576. The van der Waals surface area contributed by atoms with Gasteiger partial charge in [0, 0.05) is 6.07 Å². The van der Waals surface area contributed by atoms with Gasteiger partial charge in [-0.25, -0.2) is 0 Å². The molecule has 4 unspecified atom stereocenters. The van der Waals surface area contributed by atoms with Crippen molar-refractivity contribution in [3.05, 3.63) is 24.3 Å². The van der Waals surface area contributed by atoms with Crippen molar-refractivity contribution in [2.24, 2.45) is 5.28 Å². The molecule has 98 valence electrons. The van der Waals surface area contributed by atoms with Crippen LogP contribution in [0.1, 0.15) is 6.92 Å². The molecule has 0 bridgehead atoms. The van der Waals surface area contributed by atoms with E-state index < -0.39 is 12.3 Å². The van der Waals surface area contributed by atoms with Crippen LogP contribution in [0.2, 0.25) is 0 Å². The van der Waals surface area contributed by atoms with Gasteiger partial charge in [-0.3, -0.25) is 9.69 Å². The molecule has 1 amide bonds. The molecule has 19 heavy (non-hydrogen) atoms. The lowest BCUT2D eigenvalue weighted by Gasteiger charge is -2.32. The number of rotatable bonds is 0. The fourth-order valence-electron chi connectivity index (χ4n) is 2.79. The highest BCUT2D eigenvalue weighted by Gasteiger charge is 2.57. The SMILES string of the molecule is CC1SC2C3C([O-])ON=[N+]3c3ccccc3N2C1=O. The van der Waals surface area contributed by atoms with Gasteiger partial charge in [0.1, 0.15) is 12.0 Å². The number of anilines is 1. The van der Waals surface area contributed by atoms with Crippen molar-refractivity contribution in [1.29, 1.82) is 0 Å². The van der Waals surface area contributed by atoms with Gasteiger partial charge in [-0.2, -0.15) is 0 Å². The molecule has 3 aliphatic heterocycles. The van der Waals surface area contributed by atoms with Crippen molar-refractivity contribution in [2.75, 3.05) is 4.90 Å². The zero-order chi connectivity index (χ0) is 13.1. The summed E-state index contributed by atoms with van der Waals surface area (Å²) in [4.78, 5) is 18.9. The molecule has 0 aliphatic carbocycles. The van der Waals surface area contributed by atoms with Crippen LogP contribution in [0.15, 0.2) is 29.5 Å². The van der Waals surface area contributed by atoms with Crippen LogP contribution in [0, 0.1) is 0 Å². The first-order valence-electron chi connectivity index (χ1n) is 6.08. The average Bonchev–Trinajstić information content (AvgIpc) is 2.93. The first-order valence-corrected chi connectivity index (χ1v) is 7.02. The van der Waals surface area contributed by atoms with Gasteiger partial charge < -0.3 is 9.94 Å². The minimum absolute atomic E-state index is 0.0428. The lowest BCUT2D eigenvalue weighted by atomic mass is 10.1. The number of fused-ring (bicyclic) bond motifs is 6. The Kier molecular flexibility index (Phi) is 2.19. The van der Waals surface area contributed by atoms with E-state index in [4.69, 9.17) is 4.84 Å². The first-order chi connectivity index (χ1) is 9.18. The molecule has 0 saturated carbocycles. The van der Waals surface area contributed by atoms with E-state index in [2.05, 4.69) is 5.28 Å². The number of carbonyl (C=O) groups excluding carboxylic acids is 1. The summed E-state index contributed by atoms with van der Waals surface area (Å²) in [5, 5.41) is 15.4. The van der Waals surface area contributed by atoms with E-state index in [9.17, 15) is 9.90 Å². The maximum Gasteiger partial charge on any atom is 0.259 e. The maximum atomic E-state index is 12.3. The Hall–Kier alpha value is -1.60. The van der Waals surface area contributed by atoms with Gasteiger partial charge >= 0.3 is 0 Å². The van der Waals surface area contributed by atoms with Crippen LogP contribution in [0.5, 0.6) is 0 Å². The highest BCUT2D eigenvalue weighted by molar-refractivity contribution is 8.02. The van der Waals surface area contributed by atoms with Crippen LogP contribution in [0.4, 0.5) is 11.4 Å². The fourth-order valence-corrected chi connectivity index (χ4v) is 4.18. The summed E-state index contributed by atoms with van der Waals surface area (Å²) >= 11 is 1.50. The number of amides is 1. The van der Waals surface area contributed by atoms with Gasteiger partial charge in [0.05, 0.1) is 5.25 Å². The molecule has 4 rings (SSSR count). The van der Waals surface area contributed by atoms with E-state index >= 15 is 0 Å². The van der Waals surface area contributed by atoms with E-state index in [0.29, 0.717) is 0 Å². The minimum atomic E-state index is -1.26. The normalized spacial score (nSPS) is 35.4. The molecule has 1 aromatic rings. The number of thioether (sulfide) groups is 1. The van der Waals surface area contributed by atoms with Crippen LogP contribution in [-0.4, -0.2) is 33.6 Å². The van der Waals surface area contributed by atoms with Crippen LogP contribution in [0.3, 0.4) is 0 Å². The summed E-state index contributed by atoms with van der Waals surface area (Å²) in [6.45, 7) is 1.87. The number of carbonyl (C=O) groups is 1. The Morgan fingerprint density at radius 2 is 2.26 bits per heavy atom. The molecule has 1 saturated heterocycles. The summed E-state index contributed by atoms with van der Waals surface area (Å²) < 4.78 is 1.62. The number of para-hydroxylation sites is 2. The van der Waals surface area contributed by atoms with Crippen LogP contribution in [-0.2, 0) is 9.63 Å². The Morgan fingerprint density at radius 3 is 3.11 bits per heavy atom. The van der Waals surface area contributed by atoms with Crippen molar-refractivity contribution in [3.8, 4) is 0 Å². The molecular weight excluding hydrogens is 266 g/mol. The van der Waals surface area contributed by atoms with Crippen LogP contribution in [0.25, 0.3) is 0 Å². The summed E-state index contributed by atoms with van der Waals surface area (Å²) in [6, 6.07) is 7.01. The van der Waals surface area contributed by atoms with E-state index in [1.54, 1.807) is 9.60 Å². The third kappa shape index (κ3) is 1.34. The quantitative estimate of drug-likeness (QED) is 0.651. The third-order valence-electron chi connectivity index (χ3n) is 3.66. The number of benzene rings is 1. The highest BCUT2D eigenvalue weighted by Crippen LogP contribution is 2.48. The molecule has 1 aromatic carbocycles. The second-order valence-corrected chi connectivity index (χ2v) is 6.22. The largest absolute Gasteiger partial charge is 0.814 e. The Labute approximate surface area is 113 Å². The van der Waals surface area contributed by atoms with Crippen molar-refractivity contribution >= 4 is 29.0 Å². The first kappa shape index (κ1) is 11.2. The van der Waals surface area contributed by atoms with E-state index in [0.717, 1.165) is 11.4 Å². The standard InChI is InChI=1S/C12H11N3O3S/c1-6-10(16)14-7-4-2-3-5-8(7)15-9(11(14)19-6)12(17)18-13-15/h2-6,9,11-12H,1H3. The molecule has 0 spiro atoms. The number of hydrogen-bond donors (Lipinski definition) is 0. The zero-order valence-electron chi connectivity index (χ0n) is 10.1. The zero-order valence-corrected chi connectivity index (χ0v) is 10.9. The maximum absolute atomic E-state index is 12.3. The Morgan fingerprint density at radius 1 is 1.47 bits per heavy atom. The van der Waals surface area contributed by atoms with Gasteiger partial charge in [-0.15, -0.1) is 11.8 Å². The smallest absolute Gasteiger partial charge is 0.259 e. The minimum Gasteiger partial charge on any atom is -0.814 e. The number of nitrogens with zero attached hydrogens (tertiary/aromatic N) is 3. The molecule has 1 fully saturated rings. The van der Waals surface area contributed by atoms with E-state index in [1.165, 1.54) is 11.8 Å². The molecule has 0 aromatic heterocycles. The Balaban J connectivity index is 1.94. The van der Waals surface area contributed by atoms with Crippen molar-refractivity contribution < 1.29 is 19.4 Å². The topological polar surface area (TPSA) is 68.0 Å². The van der Waals surface area contributed by atoms with Crippen molar-refractivity contribution in [1.82, 2.24) is 0 Å². The molecule has 7 heteroatoms. The summed E-state index contributed by atoms with van der Waals surface area (Å²) in [6.07, 6.45) is -1.26. The molecule has 0 N–H and O–H groups in total. The van der Waals surface area contributed by atoms with Gasteiger partial charge in [0.15, 0.2) is 10.7 Å². The van der Waals surface area contributed by atoms with Gasteiger partial charge in [-0.05, 0) is 17.7 Å². The summed E-state index contributed by atoms with van der Waals surface area (Å²) in [5.74, 6) is 0.0428. The molecule has 4 atom stereocenters. The van der Waals surface area contributed by atoms with E-state index in [-0.39, 0.29) is 16.5 Å². The predicted molar refractivity (Wildman–Crippen MR) is 65.8 cm³/mol. The molecule has 0 radical (unpaired) electrons. The molecule has 6 nitrogen and oxygen atoms in total. The third-order valence-corrected chi connectivity index (χ3v) is 5.04. The van der Waals surface area contributed by atoms with Crippen LogP contribution >= 0.6 is 11.8 Å². The second-order valence-electron chi connectivity index (χ2n) is 4.76. The van der Waals surface area contributed by atoms with Gasteiger partial charge in [0.2, 0.25) is 11.9 Å². The monoisotopic (exact) mass is 277 g/mol. The van der Waals surface area contributed by atoms with Crippen LogP contribution < -0.4 is 10.0 Å². The van der Waals surface area contributed by atoms with Crippen molar-refractivity contribution in [3.63, 3.8) is 0 Å². The predicted octanol–water partition coefficient (Wildman–Crippen LogP) is 0.591. The fraction of sp³-hybridized carbons (Fsp3) is 0.417. The summed E-state index contributed by atoms with van der Waals surface area (Å²) in [7, 11) is 0. The Bertz CT molecular complexity index is 606. The van der Waals surface area contributed by atoms with Crippen molar-refractivity contribution in [2.45, 2.75) is 29.9 Å². The van der Waals surface area contributed by atoms with Gasteiger partial charge in [0.25, 0.3) is 5.69 Å². The van der Waals surface area contributed by atoms with Gasteiger partial charge in [-0.1, -0.05) is 12.1 Å². The molecular formula is C12H11N3O3S. The summed E-state index contributed by atoms with van der Waals surface area (Å²) in [5.41, 5.74) is 1.55. The average molecular weight is 277 g/mol. The molecule has 3 heterocycles. The lowest BCUT2D eigenvalue weighted by Crippen LogP contribution is -2.54.